The van der Waals surface area contributed by atoms with E-state index in [2.05, 4.69) is 0 Å². The number of halogens is 1. The minimum atomic E-state index is -0.0945. The molecule has 0 radical (unpaired) electrons. The van der Waals surface area contributed by atoms with Crippen molar-refractivity contribution in [2.75, 3.05) is 14.2 Å². The van der Waals surface area contributed by atoms with Gasteiger partial charge in [0, 0.05) is 6.20 Å². The van der Waals surface area contributed by atoms with Crippen LogP contribution in [-0.4, -0.2) is 31.2 Å². The lowest BCUT2D eigenvalue weighted by Crippen LogP contribution is -2.16. The highest BCUT2D eigenvalue weighted by atomic mass is 127. The second-order valence-corrected chi connectivity index (χ2v) is 7.81. The van der Waals surface area contributed by atoms with Crippen LogP contribution in [-0.2, 0) is 9.59 Å². The number of Topliss-reactive ketones (excluding diaryl/α,β-unsaturated/α-hetero) is 1. The summed E-state index contributed by atoms with van der Waals surface area (Å²) in [7, 11) is 3.23. The Morgan fingerprint density at radius 1 is 0.933 bits per heavy atom. The van der Waals surface area contributed by atoms with Gasteiger partial charge in [0.1, 0.15) is 11.5 Å². The second-order valence-electron chi connectivity index (χ2n) is 6.65. The number of ether oxygens (including phenoxy) is 2. The van der Waals surface area contributed by atoms with E-state index in [1.54, 1.807) is 20.3 Å². The molecule has 0 spiro atoms. The van der Waals surface area contributed by atoms with Gasteiger partial charge >= 0.3 is 0 Å². The van der Waals surface area contributed by atoms with Crippen molar-refractivity contribution in [3.05, 3.63) is 92.9 Å². The molecule has 0 fully saturated rings. The van der Waals surface area contributed by atoms with Gasteiger partial charge in [-0.05, 0) is 87.8 Å². The summed E-state index contributed by atoms with van der Waals surface area (Å²) < 4.78 is 11.1. The number of rotatable bonds is 5. The van der Waals surface area contributed by atoms with Gasteiger partial charge in [0.2, 0.25) is 5.78 Å². The summed E-state index contributed by atoms with van der Waals surface area (Å²) in [5.74, 6) is 1.37. The molecule has 2 aromatic carbocycles. The number of methoxy groups -OCH3 is 2. The minimum absolute atomic E-state index is 0.0945. The first kappa shape index (κ1) is 20.2. The van der Waals surface area contributed by atoms with Crippen molar-refractivity contribution in [3.8, 4) is 11.5 Å². The zero-order chi connectivity index (χ0) is 21.3. The van der Waals surface area contributed by atoms with Crippen LogP contribution in [0.15, 0.2) is 81.7 Å². The standard InChI is InChI=1S/C24H18INO4/c1-29-18-7-3-15(4-8-18)22-23(16-5-9-19(30-2)10-6-16)26-12-11-17(20(25)14-27)13-21(26)24(22)28/h3-14H,1-2H3/b20-17-. The lowest BCUT2D eigenvalue weighted by Gasteiger charge is -2.23. The molecule has 2 aromatic rings. The molecule has 5 nitrogen and oxygen atoms in total. The molecule has 0 aliphatic carbocycles. The first-order valence-corrected chi connectivity index (χ1v) is 10.3. The minimum Gasteiger partial charge on any atom is -0.497 e. The summed E-state index contributed by atoms with van der Waals surface area (Å²) in [6.07, 6.45) is 6.22. The average molecular weight is 511 g/mol. The number of benzene rings is 2. The van der Waals surface area contributed by atoms with Gasteiger partial charge < -0.3 is 14.4 Å². The van der Waals surface area contributed by atoms with E-state index in [4.69, 9.17) is 9.47 Å². The molecule has 0 amide bonds. The highest BCUT2D eigenvalue weighted by Gasteiger charge is 2.37. The fourth-order valence-corrected chi connectivity index (χ4v) is 3.84. The Morgan fingerprint density at radius 2 is 1.50 bits per heavy atom. The molecule has 6 heteroatoms. The number of fused-ring (bicyclic) bond motifs is 1. The maximum absolute atomic E-state index is 13.5. The first-order chi connectivity index (χ1) is 14.6. The molecule has 30 heavy (non-hydrogen) atoms. The van der Waals surface area contributed by atoms with Crippen LogP contribution in [0, 0.1) is 0 Å². The molecule has 2 aliphatic heterocycles. The van der Waals surface area contributed by atoms with Crippen molar-refractivity contribution in [2.24, 2.45) is 0 Å². The molecule has 0 N–H and O–H groups in total. The smallest absolute Gasteiger partial charge is 0.212 e. The molecular formula is C24H18INO4. The van der Waals surface area contributed by atoms with E-state index < -0.39 is 0 Å². The quantitative estimate of drug-likeness (QED) is 0.330. The highest BCUT2D eigenvalue weighted by molar-refractivity contribution is 14.1. The van der Waals surface area contributed by atoms with Gasteiger partial charge in [-0.25, -0.2) is 0 Å². The number of allylic oxidation sites excluding steroid dienone is 5. The van der Waals surface area contributed by atoms with E-state index >= 15 is 0 Å². The zero-order valence-corrected chi connectivity index (χ0v) is 18.5. The molecule has 0 atom stereocenters. The zero-order valence-electron chi connectivity index (χ0n) is 16.4. The van der Waals surface area contributed by atoms with Crippen LogP contribution in [0.1, 0.15) is 11.1 Å². The van der Waals surface area contributed by atoms with E-state index in [1.165, 1.54) is 0 Å². The SMILES string of the molecule is COc1ccc(C2=C(c3ccc(OC)cc3)N3C=C/C(=C(/I)C=O)C=C3C2=O)cc1. The normalized spacial score (nSPS) is 17.0. The van der Waals surface area contributed by atoms with Crippen LogP contribution in [0.5, 0.6) is 11.5 Å². The Balaban J connectivity index is 1.91. The molecule has 0 saturated carbocycles. The molecular weight excluding hydrogens is 493 g/mol. The number of nitrogens with zero attached hydrogens (tertiary/aromatic N) is 1. The van der Waals surface area contributed by atoms with E-state index in [0.29, 0.717) is 14.8 Å². The number of carbonyl (C=O) groups excluding carboxylic acids is 2. The molecule has 0 unspecified atom stereocenters. The molecule has 4 rings (SSSR count). The summed E-state index contributed by atoms with van der Waals surface area (Å²) in [4.78, 5) is 26.6. The summed E-state index contributed by atoms with van der Waals surface area (Å²) in [5.41, 5.74) is 4.30. The lowest BCUT2D eigenvalue weighted by molar-refractivity contribution is -0.111. The van der Waals surface area contributed by atoms with Gasteiger partial charge in [-0.3, -0.25) is 9.59 Å². The van der Waals surface area contributed by atoms with Crippen molar-refractivity contribution < 1.29 is 19.1 Å². The van der Waals surface area contributed by atoms with Gasteiger partial charge in [-0.15, -0.1) is 0 Å². The fourth-order valence-electron chi connectivity index (χ4n) is 3.50. The first-order valence-electron chi connectivity index (χ1n) is 9.19. The predicted octanol–water partition coefficient (Wildman–Crippen LogP) is 4.76. The van der Waals surface area contributed by atoms with Crippen LogP contribution in [0.25, 0.3) is 11.3 Å². The Kier molecular flexibility index (Phi) is 5.59. The van der Waals surface area contributed by atoms with Crippen LogP contribution in [0.3, 0.4) is 0 Å². The molecule has 2 aliphatic rings. The topological polar surface area (TPSA) is 55.8 Å². The van der Waals surface area contributed by atoms with Crippen LogP contribution in [0.4, 0.5) is 0 Å². The third-order valence-corrected chi connectivity index (χ3v) is 5.89. The molecule has 0 aromatic heterocycles. The Morgan fingerprint density at radius 3 is 2.03 bits per heavy atom. The maximum Gasteiger partial charge on any atom is 0.212 e. The molecule has 0 saturated heterocycles. The molecule has 0 bridgehead atoms. The van der Waals surface area contributed by atoms with Gasteiger partial charge in [-0.2, -0.15) is 0 Å². The third-order valence-electron chi connectivity index (χ3n) is 5.01. The average Bonchev–Trinajstić information content (AvgIpc) is 3.10. The van der Waals surface area contributed by atoms with Gasteiger partial charge in [-0.1, -0.05) is 12.1 Å². The van der Waals surface area contributed by atoms with Crippen molar-refractivity contribution in [1.29, 1.82) is 0 Å². The molecule has 150 valence electrons. The van der Waals surface area contributed by atoms with E-state index in [9.17, 15) is 9.59 Å². The van der Waals surface area contributed by atoms with Crippen LogP contribution >= 0.6 is 22.6 Å². The van der Waals surface area contributed by atoms with E-state index in [1.807, 2.05) is 88.3 Å². The third kappa shape index (κ3) is 3.47. The number of aldehydes is 1. The molecule has 2 heterocycles. The van der Waals surface area contributed by atoms with Gasteiger partial charge in [0.15, 0.2) is 6.29 Å². The summed E-state index contributed by atoms with van der Waals surface area (Å²) >= 11 is 1.98. The highest BCUT2D eigenvalue weighted by Crippen LogP contribution is 2.43. The van der Waals surface area contributed by atoms with Crippen molar-refractivity contribution >= 4 is 45.9 Å². The van der Waals surface area contributed by atoms with Gasteiger partial charge in [0.05, 0.1) is 34.8 Å². The Hall–Kier alpha value is -3.13. The number of hydrogen-bond acceptors (Lipinski definition) is 5. The van der Waals surface area contributed by atoms with Crippen LogP contribution in [0.2, 0.25) is 0 Å². The van der Waals surface area contributed by atoms with Gasteiger partial charge in [0.25, 0.3) is 0 Å². The number of carbonyl (C=O) groups is 2. The summed E-state index contributed by atoms with van der Waals surface area (Å²) in [6, 6.07) is 15.0. The van der Waals surface area contributed by atoms with Crippen molar-refractivity contribution in [1.82, 2.24) is 4.90 Å². The van der Waals surface area contributed by atoms with E-state index in [0.717, 1.165) is 40.2 Å². The monoisotopic (exact) mass is 511 g/mol. The Labute approximate surface area is 188 Å². The van der Waals surface area contributed by atoms with E-state index in [-0.39, 0.29) is 5.78 Å². The Bertz CT molecular complexity index is 1140. The summed E-state index contributed by atoms with van der Waals surface area (Å²) in [5, 5.41) is 0. The summed E-state index contributed by atoms with van der Waals surface area (Å²) in [6.45, 7) is 0. The largest absolute Gasteiger partial charge is 0.497 e. The van der Waals surface area contributed by atoms with Crippen molar-refractivity contribution in [2.45, 2.75) is 0 Å². The maximum atomic E-state index is 13.5. The number of ketones is 1. The second kappa shape index (κ2) is 8.31. The number of hydrogen-bond donors (Lipinski definition) is 0. The van der Waals surface area contributed by atoms with Crippen molar-refractivity contribution in [3.63, 3.8) is 0 Å². The fraction of sp³-hybridized carbons (Fsp3) is 0.0833. The predicted molar refractivity (Wildman–Crippen MR) is 124 cm³/mol. The lowest BCUT2D eigenvalue weighted by atomic mass is 9.98. The van der Waals surface area contributed by atoms with Crippen LogP contribution < -0.4 is 9.47 Å².